The van der Waals surface area contributed by atoms with Crippen LogP contribution in [0, 0.1) is 6.92 Å². The molecule has 1 aliphatic rings. The van der Waals surface area contributed by atoms with Gasteiger partial charge in [-0.1, -0.05) is 66.2 Å². The number of amides is 1. The van der Waals surface area contributed by atoms with Gasteiger partial charge in [-0.2, -0.15) is 0 Å². The zero-order valence-corrected chi connectivity index (χ0v) is 17.6. The lowest BCUT2D eigenvalue weighted by Gasteiger charge is -2.04. The number of aliphatic hydroxyl groups is 1. The van der Waals surface area contributed by atoms with Crippen molar-refractivity contribution in [2.75, 3.05) is 7.11 Å². The van der Waals surface area contributed by atoms with E-state index in [4.69, 9.17) is 4.74 Å². The molecule has 0 saturated heterocycles. The van der Waals surface area contributed by atoms with Crippen molar-refractivity contribution in [1.82, 2.24) is 0 Å². The first-order chi connectivity index (χ1) is 15.5. The molecule has 1 heterocycles. The molecule has 158 valence electrons. The Bertz CT molecular complexity index is 1230. The van der Waals surface area contributed by atoms with Gasteiger partial charge in [0, 0.05) is 21.8 Å². The van der Waals surface area contributed by atoms with Crippen molar-refractivity contribution in [2.24, 2.45) is 5.10 Å². The van der Waals surface area contributed by atoms with Crippen molar-refractivity contribution < 1.29 is 24.1 Å². The maximum Gasteiger partial charge on any atom is 0.456 e. The number of hydrogen-bond donors (Lipinski definition) is 1. The first kappa shape index (κ1) is 20.9. The summed E-state index contributed by atoms with van der Waals surface area (Å²) >= 11 is 0. The molecule has 1 amide bonds. The predicted molar refractivity (Wildman–Crippen MR) is 122 cm³/mol. The molecule has 3 aromatic carbocycles. The van der Waals surface area contributed by atoms with E-state index in [-0.39, 0.29) is 17.0 Å². The molecule has 32 heavy (non-hydrogen) atoms. The Morgan fingerprint density at radius 3 is 1.88 bits per heavy atom. The van der Waals surface area contributed by atoms with Crippen LogP contribution < -0.4 is 0 Å². The molecule has 0 bridgehead atoms. The van der Waals surface area contributed by atoms with Gasteiger partial charge in [-0.3, -0.25) is 0 Å². The van der Waals surface area contributed by atoms with Gasteiger partial charge < -0.3 is 9.84 Å². The monoisotopic (exact) mass is 425 g/mol. The highest BCUT2D eigenvalue weighted by Crippen LogP contribution is 2.25. The van der Waals surface area contributed by atoms with E-state index < -0.39 is 11.9 Å². The van der Waals surface area contributed by atoms with Crippen LogP contribution in [0.25, 0.3) is 5.76 Å². The molecule has 1 aliphatic heterocycles. The van der Waals surface area contributed by atoms with Crippen molar-refractivity contribution in [3.05, 3.63) is 113 Å². The quantitative estimate of drug-likeness (QED) is 0.298. The van der Waals surface area contributed by atoms with Crippen LogP contribution >= 0.6 is 0 Å². The third-order valence-corrected chi connectivity index (χ3v) is 5.09. The van der Waals surface area contributed by atoms with Crippen molar-refractivity contribution in [1.29, 1.82) is 0 Å². The average Bonchev–Trinajstić information content (AvgIpc) is 3.17. The molecule has 0 spiro atoms. The molecule has 0 unspecified atom stereocenters. The zero-order valence-electron chi connectivity index (χ0n) is 17.6. The van der Waals surface area contributed by atoms with Crippen LogP contribution in [0.1, 0.15) is 22.3 Å². The maximum absolute atomic E-state index is 13.6. The Labute approximate surface area is 185 Å². The third kappa shape index (κ3) is 3.86. The van der Waals surface area contributed by atoms with E-state index >= 15 is 0 Å². The lowest BCUT2D eigenvalue weighted by Crippen LogP contribution is -2.24. The molecular formula is C26H21N2O4+. The third-order valence-electron chi connectivity index (χ3n) is 5.09. The highest BCUT2D eigenvalue weighted by Gasteiger charge is 2.46. The van der Waals surface area contributed by atoms with E-state index in [1.54, 1.807) is 12.1 Å². The number of aryl methyl sites for hydroxylation is 1. The standard InChI is InChI=1S/C26H20N2O4/c1-17-13-15-20(16-14-17)24(29)21-22(26(31)32-2)27-28(25(21)30)23(18-9-5-3-6-10-18)19-11-7-4-8-12-19/h3-16H,1-2H3/p+1. The summed E-state index contributed by atoms with van der Waals surface area (Å²) in [5.74, 6) is -1.76. The minimum Gasteiger partial charge on any atom is -0.506 e. The Morgan fingerprint density at radius 1 is 0.844 bits per heavy atom. The van der Waals surface area contributed by atoms with Crippen molar-refractivity contribution in [3.63, 3.8) is 0 Å². The van der Waals surface area contributed by atoms with Crippen LogP contribution in [0.4, 0.5) is 0 Å². The molecule has 0 fully saturated rings. The summed E-state index contributed by atoms with van der Waals surface area (Å²) in [6, 6.07) is 25.5. The number of rotatable bonds is 4. The van der Waals surface area contributed by atoms with E-state index in [9.17, 15) is 14.7 Å². The number of aliphatic hydroxyl groups excluding tert-OH is 1. The van der Waals surface area contributed by atoms with Crippen molar-refractivity contribution >= 4 is 29.1 Å². The van der Waals surface area contributed by atoms with Gasteiger partial charge in [-0.05, 0) is 35.9 Å². The Morgan fingerprint density at radius 2 is 1.38 bits per heavy atom. The lowest BCUT2D eigenvalue weighted by molar-refractivity contribution is -0.443. The van der Waals surface area contributed by atoms with Gasteiger partial charge in [0.25, 0.3) is 5.71 Å². The molecular weight excluding hydrogens is 404 g/mol. The molecule has 3 aromatic rings. The van der Waals surface area contributed by atoms with E-state index in [0.717, 1.165) is 21.4 Å². The first-order valence-electron chi connectivity index (χ1n) is 10.0. The molecule has 6 heteroatoms. The van der Waals surface area contributed by atoms with Gasteiger partial charge in [0.1, 0.15) is 5.76 Å². The SMILES string of the molecule is COC(=O)C1=N[N+](=C(c2ccccc2)c2ccccc2)C(=O)/C1=C(\O)c1ccc(C)cc1. The van der Waals surface area contributed by atoms with E-state index in [2.05, 4.69) is 5.10 Å². The molecule has 0 radical (unpaired) electrons. The summed E-state index contributed by atoms with van der Waals surface area (Å²) in [4.78, 5) is 26.1. The average molecular weight is 425 g/mol. The fraction of sp³-hybridized carbons (Fsp3) is 0.0769. The number of benzene rings is 3. The predicted octanol–water partition coefficient (Wildman–Crippen LogP) is 3.88. The molecule has 0 aromatic heterocycles. The summed E-state index contributed by atoms with van der Waals surface area (Å²) in [5, 5.41) is 15.3. The van der Waals surface area contributed by atoms with Crippen molar-refractivity contribution in [2.45, 2.75) is 6.92 Å². The molecule has 0 atom stereocenters. The second kappa shape index (κ2) is 8.81. The topological polar surface area (TPSA) is 79.0 Å². The summed E-state index contributed by atoms with van der Waals surface area (Å²) in [6.07, 6.45) is 0. The van der Waals surface area contributed by atoms with Crippen LogP contribution in [0.3, 0.4) is 0 Å². The fourth-order valence-corrected chi connectivity index (χ4v) is 3.47. The Balaban J connectivity index is 2.00. The van der Waals surface area contributed by atoms with Crippen LogP contribution in [-0.2, 0) is 14.3 Å². The van der Waals surface area contributed by atoms with E-state index in [1.165, 1.54) is 7.11 Å². The summed E-state index contributed by atoms with van der Waals surface area (Å²) in [5.41, 5.74) is 2.90. The smallest absolute Gasteiger partial charge is 0.456 e. The van der Waals surface area contributed by atoms with Gasteiger partial charge in [0.2, 0.25) is 5.71 Å². The van der Waals surface area contributed by atoms with Gasteiger partial charge >= 0.3 is 11.9 Å². The number of hydrogen-bond acceptors (Lipinski definition) is 5. The van der Waals surface area contributed by atoms with Crippen LogP contribution in [0.15, 0.2) is 95.6 Å². The highest BCUT2D eigenvalue weighted by molar-refractivity contribution is 6.51. The second-order valence-electron chi connectivity index (χ2n) is 7.23. The van der Waals surface area contributed by atoms with Crippen LogP contribution in [0.5, 0.6) is 0 Å². The molecule has 0 saturated carbocycles. The number of ether oxygens (including phenoxy) is 1. The Hall–Kier alpha value is -4.32. The lowest BCUT2D eigenvalue weighted by atomic mass is 10.0. The molecule has 1 N–H and O–H groups in total. The molecule has 4 rings (SSSR count). The van der Waals surface area contributed by atoms with E-state index in [0.29, 0.717) is 11.3 Å². The summed E-state index contributed by atoms with van der Waals surface area (Å²) < 4.78 is 6.00. The minimum atomic E-state index is -0.810. The van der Waals surface area contributed by atoms with Crippen LogP contribution in [0.2, 0.25) is 0 Å². The van der Waals surface area contributed by atoms with Gasteiger partial charge in [-0.15, -0.1) is 0 Å². The first-order valence-corrected chi connectivity index (χ1v) is 10.0. The second-order valence-corrected chi connectivity index (χ2v) is 7.23. The number of esters is 1. The number of carbonyl (C=O) groups is 2. The number of hydrazone groups is 1. The summed E-state index contributed by atoms with van der Waals surface area (Å²) in [6.45, 7) is 1.92. The molecule has 6 nitrogen and oxygen atoms in total. The minimum absolute atomic E-state index is 0.204. The summed E-state index contributed by atoms with van der Waals surface area (Å²) in [7, 11) is 1.21. The van der Waals surface area contributed by atoms with Gasteiger partial charge in [0.15, 0.2) is 5.57 Å². The Kier molecular flexibility index (Phi) is 5.77. The fourth-order valence-electron chi connectivity index (χ4n) is 3.47. The van der Waals surface area contributed by atoms with Crippen molar-refractivity contribution in [3.8, 4) is 0 Å². The maximum atomic E-state index is 13.6. The molecule has 0 aliphatic carbocycles. The normalized spacial score (nSPS) is 14.8. The van der Waals surface area contributed by atoms with Gasteiger partial charge in [0.05, 0.1) is 7.11 Å². The zero-order chi connectivity index (χ0) is 22.7. The van der Waals surface area contributed by atoms with Gasteiger partial charge in [-0.25, -0.2) is 9.59 Å². The number of methoxy groups -OCH3 is 1. The largest absolute Gasteiger partial charge is 0.506 e. The number of carbonyl (C=O) groups excluding carboxylic acids is 2. The van der Waals surface area contributed by atoms with E-state index in [1.807, 2.05) is 79.7 Å². The van der Waals surface area contributed by atoms with Crippen LogP contribution in [-0.4, -0.2) is 40.2 Å². The highest BCUT2D eigenvalue weighted by atomic mass is 16.5. The number of nitrogens with zero attached hydrogens (tertiary/aromatic N) is 2.